The molecule has 1 unspecified atom stereocenters. The lowest BCUT2D eigenvalue weighted by Crippen LogP contribution is -2.21. The maximum atomic E-state index is 13.4. The Morgan fingerprint density at radius 1 is 1.40 bits per heavy atom. The van der Waals surface area contributed by atoms with Crippen molar-refractivity contribution in [2.24, 2.45) is 0 Å². The number of thiophene rings is 1. The summed E-state index contributed by atoms with van der Waals surface area (Å²) in [5, 5.41) is 5.01. The Hall–Kier alpha value is -1.76. The van der Waals surface area contributed by atoms with E-state index < -0.39 is 0 Å². The van der Waals surface area contributed by atoms with Crippen molar-refractivity contribution < 1.29 is 4.39 Å². The highest BCUT2D eigenvalue weighted by molar-refractivity contribution is 7.09. The van der Waals surface area contributed by atoms with E-state index in [4.69, 9.17) is 5.73 Å². The van der Waals surface area contributed by atoms with Gasteiger partial charge in [0.2, 0.25) is 11.9 Å². The van der Waals surface area contributed by atoms with Crippen molar-refractivity contribution in [3.8, 4) is 0 Å². The van der Waals surface area contributed by atoms with E-state index in [9.17, 15) is 4.39 Å². The van der Waals surface area contributed by atoms with Crippen LogP contribution in [-0.2, 0) is 6.42 Å². The van der Waals surface area contributed by atoms with Gasteiger partial charge in [-0.3, -0.25) is 0 Å². The minimum atomic E-state index is -0.120. The summed E-state index contributed by atoms with van der Waals surface area (Å²) in [5.74, 6) is 1.15. The van der Waals surface area contributed by atoms with Gasteiger partial charge in [0, 0.05) is 10.9 Å². The van der Waals surface area contributed by atoms with Crippen LogP contribution >= 0.6 is 11.3 Å². The van der Waals surface area contributed by atoms with E-state index in [1.807, 2.05) is 0 Å². The Balaban J connectivity index is 1.96. The highest BCUT2D eigenvalue weighted by atomic mass is 32.1. The molecule has 0 aliphatic carbocycles. The molecule has 0 spiro atoms. The smallest absolute Gasteiger partial charge is 0.227 e. The molecule has 0 saturated heterocycles. The minimum absolute atomic E-state index is 0.120. The van der Waals surface area contributed by atoms with Gasteiger partial charge in [-0.15, -0.1) is 11.3 Å². The fourth-order valence-corrected chi connectivity index (χ4v) is 2.70. The van der Waals surface area contributed by atoms with Gasteiger partial charge in [0.15, 0.2) is 0 Å². The molecule has 0 bridgehead atoms. The normalized spacial score (nSPS) is 12.3. The predicted octanol–water partition coefficient (Wildman–Crippen LogP) is 2.79. The number of aryl methyl sites for hydroxylation is 2. The average Bonchev–Trinajstić information content (AvgIpc) is 2.79. The van der Waals surface area contributed by atoms with Crippen LogP contribution in [0.25, 0.3) is 0 Å². The molecule has 3 N–H and O–H groups in total. The fraction of sp³-hybridized carbons (Fsp3) is 0.462. The molecule has 0 amide bonds. The molecule has 7 heteroatoms. The second kappa shape index (κ2) is 6.60. The summed E-state index contributed by atoms with van der Waals surface area (Å²) < 4.78 is 13.4. The number of halogens is 1. The van der Waals surface area contributed by atoms with Gasteiger partial charge in [0.25, 0.3) is 0 Å². The maximum Gasteiger partial charge on any atom is 0.227 e. The van der Waals surface area contributed by atoms with Gasteiger partial charge in [-0.05, 0) is 37.6 Å². The standard InChI is InChI=1S/C13H18FN5S/c1-3-9(4-5-11-10(14)6-7-20-11)18-13-17-8(2)16-12(15)19-13/h6-7,9H,3-5H2,1-2H3,(H3,15,16,17,18,19). The second-order valence-corrected chi connectivity index (χ2v) is 5.54. The minimum Gasteiger partial charge on any atom is -0.368 e. The molecule has 108 valence electrons. The van der Waals surface area contributed by atoms with Crippen molar-refractivity contribution in [3.05, 3.63) is 28.0 Å². The van der Waals surface area contributed by atoms with Crippen molar-refractivity contribution >= 4 is 23.2 Å². The van der Waals surface area contributed by atoms with E-state index >= 15 is 0 Å². The number of hydrogen-bond donors (Lipinski definition) is 2. The maximum absolute atomic E-state index is 13.4. The molecule has 0 aliphatic heterocycles. The molecular formula is C13H18FN5S. The molecular weight excluding hydrogens is 277 g/mol. The largest absolute Gasteiger partial charge is 0.368 e. The zero-order valence-electron chi connectivity index (χ0n) is 11.6. The van der Waals surface area contributed by atoms with Crippen LogP contribution in [0.5, 0.6) is 0 Å². The highest BCUT2D eigenvalue weighted by Crippen LogP contribution is 2.19. The topological polar surface area (TPSA) is 76.7 Å². The van der Waals surface area contributed by atoms with Gasteiger partial charge in [-0.25, -0.2) is 4.39 Å². The first kappa shape index (κ1) is 14.6. The Bertz CT molecular complexity index is 551. The van der Waals surface area contributed by atoms with Gasteiger partial charge >= 0.3 is 0 Å². The molecule has 0 fully saturated rings. The van der Waals surface area contributed by atoms with Gasteiger partial charge in [-0.2, -0.15) is 15.0 Å². The summed E-state index contributed by atoms with van der Waals surface area (Å²) in [5.41, 5.74) is 5.60. The molecule has 2 rings (SSSR count). The van der Waals surface area contributed by atoms with Crippen LogP contribution < -0.4 is 11.1 Å². The third-order valence-electron chi connectivity index (χ3n) is 3.00. The SMILES string of the molecule is CCC(CCc1sccc1F)Nc1nc(C)nc(N)n1. The van der Waals surface area contributed by atoms with Crippen molar-refractivity contribution in [2.75, 3.05) is 11.1 Å². The summed E-state index contributed by atoms with van der Waals surface area (Å²) in [4.78, 5) is 13.0. The number of anilines is 2. The average molecular weight is 295 g/mol. The zero-order valence-corrected chi connectivity index (χ0v) is 12.4. The van der Waals surface area contributed by atoms with Crippen LogP contribution in [0.4, 0.5) is 16.3 Å². The number of aromatic nitrogens is 3. The molecule has 20 heavy (non-hydrogen) atoms. The van der Waals surface area contributed by atoms with Gasteiger partial charge in [0.1, 0.15) is 11.6 Å². The Kier molecular flexibility index (Phi) is 4.84. The molecule has 0 aromatic carbocycles. The summed E-state index contributed by atoms with van der Waals surface area (Å²) in [7, 11) is 0. The van der Waals surface area contributed by atoms with Gasteiger partial charge in [-0.1, -0.05) is 6.92 Å². The number of nitrogens with one attached hydrogen (secondary N) is 1. The molecule has 2 aromatic rings. The molecule has 2 aromatic heterocycles. The third kappa shape index (κ3) is 3.86. The molecule has 0 radical (unpaired) electrons. The van der Waals surface area contributed by atoms with Crippen molar-refractivity contribution in [1.29, 1.82) is 0 Å². The van der Waals surface area contributed by atoms with E-state index in [1.54, 1.807) is 12.3 Å². The Morgan fingerprint density at radius 2 is 2.20 bits per heavy atom. The fourth-order valence-electron chi connectivity index (χ4n) is 1.94. The van der Waals surface area contributed by atoms with Crippen LogP contribution in [0.3, 0.4) is 0 Å². The monoisotopic (exact) mass is 295 g/mol. The van der Waals surface area contributed by atoms with Crippen molar-refractivity contribution in [1.82, 2.24) is 15.0 Å². The molecule has 0 saturated carbocycles. The van der Waals surface area contributed by atoms with E-state index in [-0.39, 0.29) is 17.8 Å². The van der Waals surface area contributed by atoms with E-state index in [0.717, 1.165) is 17.7 Å². The van der Waals surface area contributed by atoms with E-state index in [0.29, 0.717) is 18.2 Å². The van der Waals surface area contributed by atoms with Gasteiger partial charge in [0.05, 0.1) is 0 Å². The van der Waals surface area contributed by atoms with Crippen LogP contribution in [0.15, 0.2) is 11.4 Å². The molecule has 0 aliphatic rings. The van der Waals surface area contributed by atoms with E-state index in [1.165, 1.54) is 17.4 Å². The lowest BCUT2D eigenvalue weighted by atomic mass is 10.1. The first-order valence-electron chi connectivity index (χ1n) is 6.55. The lowest BCUT2D eigenvalue weighted by Gasteiger charge is -2.16. The predicted molar refractivity (Wildman–Crippen MR) is 79.3 cm³/mol. The highest BCUT2D eigenvalue weighted by Gasteiger charge is 2.11. The molecule has 1 atom stereocenters. The Morgan fingerprint density at radius 3 is 2.80 bits per heavy atom. The molecule has 5 nitrogen and oxygen atoms in total. The zero-order chi connectivity index (χ0) is 14.5. The van der Waals surface area contributed by atoms with E-state index in [2.05, 4.69) is 27.2 Å². The number of nitrogen functional groups attached to an aromatic ring is 1. The third-order valence-corrected chi connectivity index (χ3v) is 3.96. The number of rotatable bonds is 6. The summed E-state index contributed by atoms with van der Waals surface area (Å²) in [6, 6.07) is 1.68. The number of nitrogens with two attached hydrogens (primary N) is 1. The summed E-state index contributed by atoms with van der Waals surface area (Å²) in [6.45, 7) is 3.84. The van der Waals surface area contributed by atoms with Crippen LogP contribution in [0.2, 0.25) is 0 Å². The number of nitrogens with zero attached hydrogens (tertiary/aromatic N) is 3. The number of hydrogen-bond acceptors (Lipinski definition) is 6. The van der Waals surface area contributed by atoms with Crippen molar-refractivity contribution in [2.45, 2.75) is 39.2 Å². The second-order valence-electron chi connectivity index (χ2n) is 4.54. The molecule has 2 heterocycles. The van der Waals surface area contributed by atoms with Gasteiger partial charge < -0.3 is 11.1 Å². The van der Waals surface area contributed by atoms with Crippen LogP contribution in [-0.4, -0.2) is 21.0 Å². The first-order valence-corrected chi connectivity index (χ1v) is 7.43. The van der Waals surface area contributed by atoms with Crippen LogP contribution in [0.1, 0.15) is 30.5 Å². The quantitative estimate of drug-likeness (QED) is 0.857. The first-order chi connectivity index (χ1) is 9.58. The van der Waals surface area contributed by atoms with Crippen LogP contribution in [0, 0.1) is 12.7 Å². The lowest BCUT2D eigenvalue weighted by molar-refractivity contribution is 0.590. The Labute approximate surface area is 121 Å². The summed E-state index contributed by atoms with van der Waals surface area (Å²) in [6.07, 6.45) is 2.42. The summed E-state index contributed by atoms with van der Waals surface area (Å²) >= 11 is 1.45. The van der Waals surface area contributed by atoms with Crippen molar-refractivity contribution in [3.63, 3.8) is 0 Å².